The molecular weight excluding hydrogens is 748 g/mol. The number of aromatic nitrogens is 1. The van der Waals surface area contributed by atoms with E-state index in [1.807, 2.05) is 67.6 Å². The van der Waals surface area contributed by atoms with E-state index < -0.39 is 12.7 Å². The van der Waals surface area contributed by atoms with Gasteiger partial charge in [-0.1, -0.05) is 42.2 Å². The molecule has 59 heavy (non-hydrogen) atoms. The number of piperazine rings is 1. The summed E-state index contributed by atoms with van der Waals surface area (Å²) in [6.45, 7) is 6.50. The van der Waals surface area contributed by atoms with Crippen LogP contribution >= 0.6 is 0 Å². The van der Waals surface area contributed by atoms with E-state index in [4.69, 9.17) is 9.72 Å². The lowest BCUT2D eigenvalue weighted by Gasteiger charge is -2.33. The summed E-state index contributed by atoms with van der Waals surface area (Å²) in [5.74, 6) is 7.11. The number of likely N-dealkylation sites (N-methyl/N-ethyl adjacent to an activating group) is 1. The largest absolute Gasteiger partial charge is 0.457 e. The van der Waals surface area contributed by atoms with E-state index in [2.05, 4.69) is 32.3 Å². The quantitative estimate of drug-likeness (QED) is 0.101. The second kappa shape index (κ2) is 18.9. The number of hydrogen-bond donors (Lipinski definition) is 2. The molecule has 3 amide bonds. The van der Waals surface area contributed by atoms with Gasteiger partial charge < -0.3 is 25.1 Å². The van der Waals surface area contributed by atoms with Gasteiger partial charge in [-0.15, -0.1) is 0 Å². The van der Waals surface area contributed by atoms with E-state index in [0.29, 0.717) is 47.8 Å². The molecule has 4 aromatic carbocycles. The van der Waals surface area contributed by atoms with E-state index in [0.717, 1.165) is 65.8 Å². The summed E-state index contributed by atoms with van der Waals surface area (Å²) in [5.41, 5.74) is 5.05. The van der Waals surface area contributed by atoms with Crippen molar-refractivity contribution in [3.63, 3.8) is 0 Å². The molecular formula is C47H47FN6O5. The molecule has 2 aliphatic heterocycles. The smallest absolute Gasteiger partial charge is 0.255 e. The fourth-order valence-corrected chi connectivity index (χ4v) is 7.52. The predicted octanol–water partition coefficient (Wildman–Crippen LogP) is 6.21. The van der Waals surface area contributed by atoms with Crippen molar-refractivity contribution in [3.05, 3.63) is 136 Å². The lowest BCUT2D eigenvalue weighted by molar-refractivity contribution is -0.125. The zero-order chi connectivity index (χ0) is 41.3. The minimum Gasteiger partial charge on any atom is -0.457 e. The maximum atomic E-state index is 13.4. The van der Waals surface area contributed by atoms with E-state index >= 15 is 0 Å². The van der Waals surface area contributed by atoms with Crippen LogP contribution in [0.2, 0.25) is 0 Å². The average Bonchev–Trinajstić information content (AvgIpc) is 3.59. The van der Waals surface area contributed by atoms with Gasteiger partial charge in [0.2, 0.25) is 5.91 Å². The number of pyridine rings is 1. The highest BCUT2D eigenvalue weighted by Gasteiger charge is 2.35. The van der Waals surface area contributed by atoms with Crippen molar-refractivity contribution < 1.29 is 28.3 Å². The number of carbonyl (C=O) groups excluding carboxylic acids is 4. The predicted molar refractivity (Wildman–Crippen MR) is 223 cm³/mol. The molecule has 0 aliphatic carbocycles. The Kier molecular flexibility index (Phi) is 13.1. The van der Waals surface area contributed by atoms with E-state index in [1.54, 1.807) is 36.4 Å². The van der Waals surface area contributed by atoms with Gasteiger partial charge in [0.15, 0.2) is 0 Å². The highest BCUT2D eigenvalue weighted by Crippen LogP contribution is 2.31. The van der Waals surface area contributed by atoms with Crippen molar-refractivity contribution in [2.45, 2.75) is 51.6 Å². The molecule has 0 spiro atoms. The van der Waals surface area contributed by atoms with Crippen molar-refractivity contribution in [3.8, 4) is 23.3 Å². The van der Waals surface area contributed by atoms with Crippen LogP contribution in [-0.2, 0) is 29.4 Å². The molecule has 5 aromatic rings. The summed E-state index contributed by atoms with van der Waals surface area (Å²) in [4.78, 5) is 61.1. The van der Waals surface area contributed by atoms with Gasteiger partial charge in [0.1, 0.15) is 30.5 Å². The summed E-state index contributed by atoms with van der Waals surface area (Å²) in [7, 11) is 1.53. The third-order valence-corrected chi connectivity index (χ3v) is 10.8. The second-order valence-electron chi connectivity index (χ2n) is 14.9. The number of fused-ring (bicyclic) bond motifs is 2. The van der Waals surface area contributed by atoms with E-state index in [1.165, 1.54) is 11.9 Å². The van der Waals surface area contributed by atoms with Crippen molar-refractivity contribution in [1.29, 1.82) is 0 Å². The molecule has 1 aromatic heterocycles. The third kappa shape index (κ3) is 9.83. The number of rotatable bonds is 14. The first kappa shape index (κ1) is 40.8. The molecule has 0 radical (unpaired) electrons. The summed E-state index contributed by atoms with van der Waals surface area (Å²) in [6.07, 6.45) is 1.24. The van der Waals surface area contributed by atoms with Gasteiger partial charge >= 0.3 is 0 Å². The monoisotopic (exact) mass is 794 g/mol. The Morgan fingerprint density at radius 3 is 2.49 bits per heavy atom. The van der Waals surface area contributed by atoms with Crippen LogP contribution in [0.5, 0.6) is 11.5 Å². The van der Waals surface area contributed by atoms with Crippen LogP contribution in [0.4, 0.5) is 4.39 Å². The Hall–Kier alpha value is -6.42. The zero-order valence-electron chi connectivity index (χ0n) is 33.2. The topological polar surface area (TPSA) is 124 Å². The van der Waals surface area contributed by atoms with Crippen molar-refractivity contribution >= 4 is 34.8 Å². The molecule has 2 atom stereocenters. The maximum Gasteiger partial charge on any atom is 0.255 e. The Morgan fingerprint density at radius 1 is 0.949 bits per heavy atom. The van der Waals surface area contributed by atoms with Gasteiger partial charge in [0.25, 0.3) is 11.8 Å². The van der Waals surface area contributed by atoms with Crippen LogP contribution in [0, 0.1) is 11.8 Å². The number of aldehydes is 1. The van der Waals surface area contributed by atoms with Crippen LogP contribution in [0.15, 0.2) is 97.1 Å². The molecule has 7 rings (SSSR count). The van der Waals surface area contributed by atoms with Gasteiger partial charge in [-0.2, -0.15) is 0 Å². The van der Waals surface area contributed by atoms with Crippen molar-refractivity contribution in [2.24, 2.45) is 0 Å². The van der Waals surface area contributed by atoms with Gasteiger partial charge in [0, 0.05) is 74.8 Å². The van der Waals surface area contributed by atoms with Crippen LogP contribution in [-0.4, -0.2) is 89.5 Å². The van der Waals surface area contributed by atoms with Crippen molar-refractivity contribution in [1.82, 2.24) is 30.3 Å². The Morgan fingerprint density at radius 2 is 1.73 bits per heavy atom. The number of halogens is 1. The van der Waals surface area contributed by atoms with E-state index in [9.17, 15) is 23.6 Å². The summed E-state index contributed by atoms with van der Waals surface area (Å²) >= 11 is 0. The number of alkyl halides is 1. The SMILES string of the molecule is CNC(=O)C(CCC=O)N1Cc2cc(C#CCN3CCN(Cc4cccc(C(C)NC(=O)c5ccc6c(Oc7ccc(CF)cc7)cccc6c5)n4)CC3)ccc2C1=O. The number of carbonyl (C=O) groups is 4. The summed E-state index contributed by atoms with van der Waals surface area (Å²) in [6, 6.07) is 28.5. The minimum absolute atomic E-state index is 0.199. The highest BCUT2D eigenvalue weighted by molar-refractivity contribution is 6.01. The number of benzene rings is 4. The van der Waals surface area contributed by atoms with Crippen molar-refractivity contribution in [2.75, 3.05) is 39.8 Å². The molecule has 11 nitrogen and oxygen atoms in total. The number of hydrogen-bond acceptors (Lipinski definition) is 8. The molecule has 1 fully saturated rings. The maximum absolute atomic E-state index is 13.4. The lowest BCUT2D eigenvalue weighted by Crippen LogP contribution is -2.46. The fourth-order valence-electron chi connectivity index (χ4n) is 7.52. The van der Waals surface area contributed by atoms with Crippen LogP contribution in [0.1, 0.15) is 74.6 Å². The number of nitrogens with zero attached hydrogens (tertiary/aromatic N) is 4. The van der Waals surface area contributed by atoms with Gasteiger partial charge in [-0.25, -0.2) is 4.39 Å². The zero-order valence-corrected chi connectivity index (χ0v) is 33.2. The van der Waals surface area contributed by atoms with Crippen LogP contribution < -0.4 is 15.4 Å². The lowest BCUT2D eigenvalue weighted by atomic mass is 10.1. The molecule has 1 saturated heterocycles. The Balaban J connectivity index is 0.888. The van der Waals surface area contributed by atoms with E-state index in [-0.39, 0.29) is 36.6 Å². The van der Waals surface area contributed by atoms with Gasteiger partial charge in [-0.05, 0) is 96.6 Å². The van der Waals surface area contributed by atoms with Gasteiger partial charge in [0.05, 0.1) is 24.0 Å². The molecule has 12 heteroatoms. The first-order valence-corrected chi connectivity index (χ1v) is 19.9. The summed E-state index contributed by atoms with van der Waals surface area (Å²) in [5, 5.41) is 7.44. The highest BCUT2D eigenvalue weighted by atomic mass is 19.1. The Labute approximate surface area is 343 Å². The number of amides is 3. The molecule has 2 unspecified atom stereocenters. The number of nitrogens with one attached hydrogen (secondary N) is 2. The average molecular weight is 795 g/mol. The second-order valence-corrected chi connectivity index (χ2v) is 14.9. The van der Waals surface area contributed by atoms with Crippen LogP contribution in [0.25, 0.3) is 10.8 Å². The molecule has 2 N–H and O–H groups in total. The van der Waals surface area contributed by atoms with Gasteiger partial charge in [-0.3, -0.25) is 29.2 Å². The molecule has 0 bridgehead atoms. The molecule has 3 heterocycles. The van der Waals surface area contributed by atoms with Crippen LogP contribution in [0.3, 0.4) is 0 Å². The molecule has 302 valence electrons. The minimum atomic E-state index is -0.698. The first-order valence-electron chi connectivity index (χ1n) is 19.9. The standard InChI is InChI=1S/C47H47FN6O5/c1-32(50-45(56)36-16-20-40-35(28-36)8-3-12-44(40)59-39-17-13-34(29-48)14-18-39)42-10-4-9-38(51-42)31-53-24-22-52(23-25-53)21-5-7-33-15-19-41-37(27-33)30-54(47(41)58)43(11-6-26-55)46(57)49-2/h3-4,8-10,12-20,26-28,32,43H,6,11,21-25,29-31H2,1-2H3,(H,49,57)(H,50,56). The Bertz CT molecular complexity index is 2400. The third-order valence-electron chi connectivity index (χ3n) is 10.8. The molecule has 0 saturated carbocycles. The number of ether oxygens (including phenoxy) is 1. The normalized spacial score (nSPS) is 15.2. The fraction of sp³-hybridized carbons (Fsp3) is 0.298. The molecule has 2 aliphatic rings. The first-order chi connectivity index (χ1) is 28.7. The summed E-state index contributed by atoms with van der Waals surface area (Å²) < 4.78 is 19.0.